The normalized spacial score (nSPS) is 11.4. The van der Waals surface area contributed by atoms with Crippen LogP contribution in [0, 0.1) is 0 Å². The van der Waals surface area contributed by atoms with Crippen molar-refractivity contribution in [1.29, 1.82) is 0 Å². The molecule has 0 fully saturated rings. The van der Waals surface area contributed by atoms with Gasteiger partial charge in [-0.2, -0.15) is 0 Å². The molecule has 0 aliphatic rings. The van der Waals surface area contributed by atoms with E-state index in [0.29, 0.717) is 5.82 Å². The molecule has 0 saturated heterocycles. The lowest BCUT2D eigenvalue weighted by Crippen LogP contribution is -1.96. The third kappa shape index (κ3) is 4.86. The molecule has 3 heteroatoms. The molecule has 0 spiro atoms. The van der Waals surface area contributed by atoms with Crippen molar-refractivity contribution in [2.24, 2.45) is 0 Å². The van der Waals surface area contributed by atoms with E-state index in [1.54, 1.807) is 0 Å². The van der Waals surface area contributed by atoms with Crippen molar-refractivity contribution in [2.45, 2.75) is 0 Å². The number of fused-ring (bicyclic) bond motifs is 4. The fraction of sp³-hybridized carbons (Fsp3) is 0. The Bertz CT molecular complexity index is 2540. The summed E-state index contributed by atoms with van der Waals surface area (Å²) in [5, 5.41) is 4.75. The molecule has 9 aromatic rings. The molecule has 0 saturated carbocycles. The van der Waals surface area contributed by atoms with Crippen LogP contribution >= 0.6 is 0 Å². The first-order chi connectivity index (χ1) is 23.3. The maximum Gasteiger partial charge on any atom is 0.160 e. The molecule has 0 bridgehead atoms. The van der Waals surface area contributed by atoms with E-state index in [4.69, 9.17) is 14.4 Å². The number of aromatic nitrogens is 2. The van der Waals surface area contributed by atoms with Gasteiger partial charge in [-0.05, 0) is 51.2 Å². The van der Waals surface area contributed by atoms with Gasteiger partial charge in [-0.3, -0.25) is 0 Å². The van der Waals surface area contributed by atoms with E-state index >= 15 is 0 Å². The van der Waals surface area contributed by atoms with Crippen LogP contribution < -0.4 is 0 Å². The summed E-state index contributed by atoms with van der Waals surface area (Å²) in [6.07, 6.45) is 0. The first-order valence-corrected chi connectivity index (χ1v) is 15.8. The van der Waals surface area contributed by atoms with Crippen LogP contribution in [0.3, 0.4) is 0 Å². The number of hydrogen-bond donors (Lipinski definition) is 0. The molecule has 0 aliphatic carbocycles. The highest BCUT2D eigenvalue weighted by atomic mass is 16.3. The predicted octanol–water partition coefficient (Wildman–Crippen LogP) is 11.9. The Morgan fingerprint density at radius 1 is 0.362 bits per heavy atom. The number of para-hydroxylation sites is 1. The molecule has 3 nitrogen and oxygen atoms in total. The molecule has 2 heterocycles. The first kappa shape index (κ1) is 27.0. The van der Waals surface area contributed by atoms with Crippen LogP contribution in [0.1, 0.15) is 0 Å². The van der Waals surface area contributed by atoms with Gasteiger partial charge in [0.1, 0.15) is 11.2 Å². The second-order valence-corrected chi connectivity index (χ2v) is 11.8. The standard InChI is InChI=1S/C44H28N2O/c1-2-11-34(12-3-1)44-45-39(32-24-20-30(21-25-32)36-16-8-13-29-10-4-5-14-35(29)36)28-40(46-44)33-26-22-31(23-27-33)37-17-9-19-42-43(37)38-15-6-7-18-41(38)47-42/h1-28H. The smallest absolute Gasteiger partial charge is 0.160 e. The highest BCUT2D eigenvalue weighted by Crippen LogP contribution is 2.38. The molecule has 0 atom stereocenters. The van der Waals surface area contributed by atoms with Crippen molar-refractivity contribution in [3.63, 3.8) is 0 Å². The number of rotatable bonds is 5. The number of benzene rings is 7. The lowest BCUT2D eigenvalue weighted by Gasteiger charge is -2.11. The van der Waals surface area contributed by atoms with Crippen LogP contribution in [-0.2, 0) is 0 Å². The summed E-state index contributed by atoms with van der Waals surface area (Å²) < 4.78 is 6.15. The van der Waals surface area contributed by atoms with Crippen LogP contribution in [0.25, 0.3) is 88.9 Å². The Balaban J connectivity index is 1.12. The molecule has 2 aromatic heterocycles. The summed E-state index contributed by atoms with van der Waals surface area (Å²) >= 11 is 0. The second kappa shape index (κ2) is 11.2. The van der Waals surface area contributed by atoms with Crippen LogP contribution in [-0.4, -0.2) is 9.97 Å². The third-order valence-corrected chi connectivity index (χ3v) is 8.93. The van der Waals surface area contributed by atoms with E-state index in [1.807, 2.05) is 36.4 Å². The van der Waals surface area contributed by atoms with E-state index in [0.717, 1.165) is 61.1 Å². The van der Waals surface area contributed by atoms with Crippen LogP contribution in [0.15, 0.2) is 174 Å². The zero-order valence-corrected chi connectivity index (χ0v) is 25.5. The summed E-state index contributed by atoms with van der Waals surface area (Å²) in [5.74, 6) is 0.704. The predicted molar refractivity (Wildman–Crippen MR) is 194 cm³/mol. The molecule has 220 valence electrons. The molecule has 9 rings (SSSR count). The highest BCUT2D eigenvalue weighted by molar-refractivity contribution is 6.12. The van der Waals surface area contributed by atoms with E-state index in [2.05, 4.69) is 133 Å². The Morgan fingerprint density at radius 3 is 1.64 bits per heavy atom. The van der Waals surface area contributed by atoms with Gasteiger partial charge >= 0.3 is 0 Å². The Labute approximate surface area is 272 Å². The summed E-state index contributed by atoms with van der Waals surface area (Å²) in [7, 11) is 0. The summed E-state index contributed by atoms with van der Waals surface area (Å²) in [6.45, 7) is 0. The zero-order chi connectivity index (χ0) is 31.2. The maximum absolute atomic E-state index is 6.15. The van der Waals surface area contributed by atoms with Crippen LogP contribution in [0.5, 0.6) is 0 Å². The SMILES string of the molecule is c1ccc(-c2nc(-c3ccc(-c4cccc5ccccc45)cc3)cc(-c3ccc(-c4cccc5oc6ccccc6c45)cc3)n2)cc1. The van der Waals surface area contributed by atoms with Gasteiger partial charge in [0.25, 0.3) is 0 Å². The average Bonchev–Trinajstić information content (AvgIpc) is 3.54. The summed E-state index contributed by atoms with van der Waals surface area (Å²) in [5.41, 5.74) is 11.3. The van der Waals surface area contributed by atoms with Gasteiger partial charge in [-0.1, -0.05) is 152 Å². The van der Waals surface area contributed by atoms with Gasteiger partial charge in [0.15, 0.2) is 5.82 Å². The maximum atomic E-state index is 6.15. The topological polar surface area (TPSA) is 38.9 Å². The molecule has 7 aromatic carbocycles. The van der Waals surface area contributed by atoms with Gasteiger partial charge in [0.2, 0.25) is 0 Å². The summed E-state index contributed by atoms with van der Waals surface area (Å²) in [6, 6.07) is 59.1. The first-order valence-electron chi connectivity index (χ1n) is 15.8. The molecule has 0 unspecified atom stereocenters. The lowest BCUT2D eigenvalue weighted by molar-refractivity contribution is 0.669. The second-order valence-electron chi connectivity index (χ2n) is 11.8. The van der Waals surface area contributed by atoms with Gasteiger partial charge in [0.05, 0.1) is 11.4 Å². The Kier molecular flexibility index (Phi) is 6.46. The van der Waals surface area contributed by atoms with Crippen molar-refractivity contribution in [3.05, 3.63) is 170 Å². The van der Waals surface area contributed by atoms with Gasteiger partial charge in [0, 0.05) is 27.5 Å². The van der Waals surface area contributed by atoms with Gasteiger partial charge in [-0.25, -0.2) is 9.97 Å². The minimum absolute atomic E-state index is 0.704. The molecular weight excluding hydrogens is 572 g/mol. The van der Waals surface area contributed by atoms with Crippen molar-refractivity contribution >= 4 is 32.7 Å². The summed E-state index contributed by atoms with van der Waals surface area (Å²) in [4.78, 5) is 10.1. The largest absolute Gasteiger partial charge is 0.456 e. The lowest BCUT2D eigenvalue weighted by atomic mass is 9.96. The third-order valence-electron chi connectivity index (χ3n) is 8.93. The Hall–Kier alpha value is -6.32. The van der Waals surface area contributed by atoms with Crippen molar-refractivity contribution in [1.82, 2.24) is 9.97 Å². The van der Waals surface area contributed by atoms with E-state index in [-0.39, 0.29) is 0 Å². The molecule has 0 aliphatic heterocycles. The Morgan fingerprint density at radius 2 is 0.894 bits per heavy atom. The zero-order valence-electron chi connectivity index (χ0n) is 25.5. The molecule has 0 N–H and O–H groups in total. The monoisotopic (exact) mass is 600 g/mol. The number of nitrogens with zero attached hydrogens (tertiary/aromatic N) is 2. The quantitative estimate of drug-likeness (QED) is 0.197. The van der Waals surface area contributed by atoms with E-state index < -0.39 is 0 Å². The fourth-order valence-corrected chi connectivity index (χ4v) is 6.59. The fourth-order valence-electron chi connectivity index (χ4n) is 6.59. The highest BCUT2D eigenvalue weighted by Gasteiger charge is 2.14. The van der Waals surface area contributed by atoms with Crippen LogP contribution in [0.4, 0.5) is 0 Å². The van der Waals surface area contributed by atoms with E-state index in [1.165, 1.54) is 21.9 Å². The number of furan rings is 1. The van der Waals surface area contributed by atoms with Gasteiger partial charge in [-0.15, -0.1) is 0 Å². The average molecular weight is 601 g/mol. The minimum Gasteiger partial charge on any atom is -0.456 e. The minimum atomic E-state index is 0.704. The van der Waals surface area contributed by atoms with E-state index in [9.17, 15) is 0 Å². The molecule has 0 radical (unpaired) electrons. The number of hydrogen-bond acceptors (Lipinski definition) is 3. The van der Waals surface area contributed by atoms with Crippen LogP contribution in [0.2, 0.25) is 0 Å². The molecule has 47 heavy (non-hydrogen) atoms. The molecule has 0 amide bonds. The molecular formula is C44H28N2O. The van der Waals surface area contributed by atoms with Gasteiger partial charge < -0.3 is 4.42 Å². The van der Waals surface area contributed by atoms with Crippen molar-refractivity contribution < 1.29 is 4.42 Å². The van der Waals surface area contributed by atoms with Crippen molar-refractivity contribution in [2.75, 3.05) is 0 Å². The van der Waals surface area contributed by atoms with Crippen molar-refractivity contribution in [3.8, 4) is 56.2 Å².